The topological polar surface area (TPSA) is 92.3 Å². The van der Waals surface area contributed by atoms with Crippen molar-refractivity contribution in [2.24, 2.45) is 0 Å². The largest absolute Gasteiger partial charge is 0.454 e. The summed E-state index contributed by atoms with van der Waals surface area (Å²) >= 11 is 0. The van der Waals surface area contributed by atoms with E-state index in [0.717, 1.165) is 30.6 Å². The number of carbonyl (C=O) groups excluding carboxylic acids is 1. The van der Waals surface area contributed by atoms with Gasteiger partial charge in [-0.1, -0.05) is 36.4 Å². The van der Waals surface area contributed by atoms with Crippen LogP contribution in [0.2, 0.25) is 0 Å². The van der Waals surface area contributed by atoms with Gasteiger partial charge in [-0.2, -0.15) is 28.1 Å². The molecule has 0 fully saturated rings. The molecule has 1 amide bonds. The molecule has 8 nitrogen and oxygen atoms in total. The molecule has 3 rings (SSSR count). The molecule has 0 bridgehead atoms. The molecule has 0 radical (unpaired) electrons. The van der Waals surface area contributed by atoms with E-state index in [1.807, 2.05) is 60.7 Å². The summed E-state index contributed by atoms with van der Waals surface area (Å²) in [4.78, 5) is 25.3. The van der Waals surface area contributed by atoms with Crippen LogP contribution in [-0.4, -0.2) is 46.7 Å². The summed E-state index contributed by atoms with van der Waals surface area (Å²) < 4.78 is 43.2. The van der Waals surface area contributed by atoms with Crippen LogP contribution in [0.3, 0.4) is 0 Å². The maximum atomic E-state index is 12.8. The fourth-order valence-electron chi connectivity index (χ4n) is 3.16. The van der Waals surface area contributed by atoms with Crippen LogP contribution in [0.15, 0.2) is 60.7 Å². The zero-order chi connectivity index (χ0) is 25.1. The summed E-state index contributed by atoms with van der Waals surface area (Å²) in [6.07, 6.45) is -2.14. The molecule has 0 saturated heterocycles. The number of ether oxygens (including phenoxy) is 1. The lowest BCUT2D eigenvalue weighted by Gasteiger charge is -2.23. The summed E-state index contributed by atoms with van der Waals surface area (Å²) in [6, 6.07) is 18.0. The van der Waals surface area contributed by atoms with Crippen molar-refractivity contribution in [2.75, 3.05) is 29.9 Å². The van der Waals surface area contributed by atoms with Crippen molar-refractivity contribution in [2.45, 2.75) is 32.4 Å². The number of amides is 1. The number of hydrogen-bond acceptors (Lipinski definition) is 7. The van der Waals surface area contributed by atoms with Crippen LogP contribution in [0.5, 0.6) is 6.01 Å². The Bertz CT molecular complexity index is 1030. The number of rotatable bonds is 12. The van der Waals surface area contributed by atoms with E-state index in [-0.39, 0.29) is 17.8 Å². The Morgan fingerprint density at radius 3 is 2.06 bits per heavy atom. The monoisotopic (exact) mass is 488 g/mol. The summed E-state index contributed by atoms with van der Waals surface area (Å²) in [6.45, 7) is 1.02. The molecular formula is C24H27F3N6O2. The molecule has 35 heavy (non-hydrogen) atoms. The number of alkyl halides is 3. The molecule has 3 aromatic rings. The summed E-state index contributed by atoms with van der Waals surface area (Å²) in [5.41, 5.74) is 1.44. The van der Waals surface area contributed by atoms with Gasteiger partial charge in [0.1, 0.15) is 0 Å². The van der Waals surface area contributed by atoms with Crippen LogP contribution in [0.25, 0.3) is 0 Å². The molecule has 1 aromatic heterocycles. The quantitative estimate of drug-likeness (QED) is 0.347. The van der Waals surface area contributed by atoms with E-state index in [4.69, 9.17) is 4.74 Å². The predicted octanol–water partition coefficient (Wildman–Crippen LogP) is 5.00. The van der Waals surface area contributed by atoms with E-state index in [1.165, 1.54) is 6.92 Å². The minimum Gasteiger partial charge on any atom is -0.454 e. The van der Waals surface area contributed by atoms with Gasteiger partial charge in [-0.15, -0.1) is 0 Å². The summed E-state index contributed by atoms with van der Waals surface area (Å²) in [5.74, 6) is 0.141. The van der Waals surface area contributed by atoms with Gasteiger partial charge in [-0.3, -0.25) is 9.69 Å². The van der Waals surface area contributed by atoms with Crippen LogP contribution in [-0.2, 0) is 4.79 Å². The number of benzene rings is 2. The van der Waals surface area contributed by atoms with E-state index >= 15 is 0 Å². The van der Waals surface area contributed by atoms with Crippen LogP contribution in [0.4, 0.5) is 36.4 Å². The fourth-order valence-corrected chi connectivity index (χ4v) is 3.16. The minimum atomic E-state index is -4.53. The number of unbranched alkanes of at least 4 members (excludes halogenated alkanes) is 2. The van der Waals surface area contributed by atoms with Gasteiger partial charge in [0.15, 0.2) is 6.61 Å². The van der Waals surface area contributed by atoms with Gasteiger partial charge in [0.25, 0.3) is 0 Å². The van der Waals surface area contributed by atoms with E-state index in [9.17, 15) is 18.0 Å². The van der Waals surface area contributed by atoms with E-state index in [1.54, 1.807) is 4.90 Å². The Morgan fingerprint density at radius 2 is 1.49 bits per heavy atom. The number of anilines is 4. The number of nitrogens with one attached hydrogen (secondary N) is 2. The minimum absolute atomic E-state index is 0.0754. The first-order valence-corrected chi connectivity index (χ1v) is 11.2. The van der Waals surface area contributed by atoms with E-state index < -0.39 is 18.8 Å². The van der Waals surface area contributed by atoms with Gasteiger partial charge >= 0.3 is 12.2 Å². The van der Waals surface area contributed by atoms with Crippen molar-refractivity contribution >= 4 is 29.2 Å². The van der Waals surface area contributed by atoms with Gasteiger partial charge in [0.2, 0.25) is 17.8 Å². The lowest BCUT2D eigenvalue weighted by atomic mass is 10.2. The third-order valence-electron chi connectivity index (χ3n) is 4.71. The first-order chi connectivity index (χ1) is 16.8. The molecule has 0 unspecified atom stereocenters. The second-order valence-electron chi connectivity index (χ2n) is 7.62. The third-order valence-corrected chi connectivity index (χ3v) is 4.71. The molecular weight excluding hydrogens is 461 g/mol. The van der Waals surface area contributed by atoms with E-state index in [0.29, 0.717) is 13.1 Å². The Labute approximate surface area is 201 Å². The first-order valence-electron chi connectivity index (χ1n) is 11.2. The van der Waals surface area contributed by atoms with Crippen LogP contribution in [0, 0.1) is 0 Å². The van der Waals surface area contributed by atoms with Crippen molar-refractivity contribution in [3.8, 4) is 6.01 Å². The molecule has 0 aliphatic rings. The molecule has 0 saturated carbocycles. The zero-order valence-electron chi connectivity index (χ0n) is 19.3. The SMILES string of the molecule is CC(=O)NCCCCCNc1nc(OCC(F)(F)F)nc(N(c2ccccc2)c2ccccc2)n1. The standard InChI is InChI=1S/C24H27F3N6O2/c1-18(34)28-15-9-4-10-16-29-21-30-22(32-23(31-21)35-17-24(25,26)27)33(19-11-5-2-6-12-19)20-13-7-3-8-14-20/h2-3,5-8,11-14H,4,9-10,15-17H2,1H3,(H,28,34)(H,29,30,31,32). The van der Waals surface area contributed by atoms with Crippen LogP contribution >= 0.6 is 0 Å². The number of aromatic nitrogens is 3. The highest BCUT2D eigenvalue weighted by Crippen LogP contribution is 2.33. The third kappa shape index (κ3) is 8.76. The first kappa shape index (κ1) is 25.7. The van der Waals surface area contributed by atoms with Crippen LogP contribution < -0.4 is 20.3 Å². The summed E-state index contributed by atoms with van der Waals surface area (Å²) in [7, 11) is 0. The molecule has 1 heterocycles. The predicted molar refractivity (Wildman–Crippen MR) is 127 cm³/mol. The number of nitrogens with zero attached hydrogens (tertiary/aromatic N) is 4. The number of hydrogen-bond donors (Lipinski definition) is 2. The second-order valence-corrected chi connectivity index (χ2v) is 7.62. The molecule has 11 heteroatoms. The Morgan fingerprint density at radius 1 is 0.886 bits per heavy atom. The highest BCUT2D eigenvalue weighted by atomic mass is 19.4. The van der Waals surface area contributed by atoms with E-state index in [2.05, 4.69) is 25.6 Å². The van der Waals surface area contributed by atoms with Crippen molar-refractivity contribution < 1.29 is 22.7 Å². The lowest BCUT2D eigenvalue weighted by molar-refractivity contribution is -0.154. The maximum absolute atomic E-state index is 12.8. The van der Waals surface area contributed by atoms with Gasteiger partial charge in [0.05, 0.1) is 0 Å². The van der Waals surface area contributed by atoms with Gasteiger partial charge in [-0.25, -0.2) is 0 Å². The smallest absolute Gasteiger partial charge is 0.422 e. The van der Waals surface area contributed by atoms with Crippen molar-refractivity contribution in [1.82, 2.24) is 20.3 Å². The molecule has 0 spiro atoms. The molecule has 2 N–H and O–H groups in total. The lowest BCUT2D eigenvalue weighted by Crippen LogP contribution is -2.22. The van der Waals surface area contributed by atoms with Gasteiger partial charge < -0.3 is 15.4 Å². The summed E-state index contributed by atoms with van der Waals surface area (Å²) in [5, 5.41) is 5.78. The average Bonchev–Trinajstić information content (AvgIpc) is 2.83. The molecule has 0 aliphatic carbocycles. The van der Waals surface area contributed by atoms with Crippen molar-refractivity contribution in [3.05, 3.63) is 60.7 Å². The van der Waals surface area contributed by atoms with Gasteiger partial charge in [0, 0.05) is 31.4 Å². The number of halogens is 3. The molecule has 0 atom stereocenters. The Kier molecular flexibility index (Phi) is 9.22. The fraction of sp³-hybridized carbons (Fsp3) is 0.333. The second kappa shape index (κ2) is 12.5. The van der Waals surface area contributed by atoms with Crippen LogP contribution in [0.1, 0.15) is 26.2 Å². The Balaban J connectivity index is 1.83. The molecule has 186 valence electrons. The number of para-hydroxylation sites is 2. The molecule has 0 aliphatic heterocycles. The Hall–Kier alpha value is -3.89. The average molecular weight is 489 g/mol. The normalized spacial score (nSPS) is 11.1. The molecule has 2 aromatic carbocycles. The number of carbonyl (C=O) groups is 1. The van der Waals surface area contributed by atoms with Crippen molar-refractivity contribution in [1.29, 1.82) is 0 Å². The zero-order valence-corrected chi connectivity index (χ0v) is 19.3. The van der Waals surface area contributed by atoms with Crippen molar-refractivity contribution in [3.63, 3.8) is 0 Å². The maximum Gasteiger partial charge on any atom is 0.422 e. The highest BCUT2D eigenvalue weighted by molar-refractivity contribution is 5.73. The highest BCUT2D eigenvalue weighted by Gasteiger charge is 2.29. The van der Waals surface area contributed by atoms with Gasteiger partial charge in [-0.05, 0) is 43.5 Å².